The van der Waals surface area contributed by atoms with Crippen molar-refractivity contribution in [2.75, 3.05) is 20.1 Å². The quantitative estimate of drug-likeness (QED) is 0.722. The number of carboxylic acid groups (broad SMARTS) is 1. The molecule has 0 aromatic heterocycles. The maximum atomic E-state index is 11.3. The normalized spacial score (nSPS) is 37.3. The Morgan fingerprint density at radius 3 is 2.87 bits per heavy atom. The monoisotopic (exact) mass is 212 g/mol. The topological polar surface area (TPSA) is 52.6 Å². The molecule has 2 heterocycles. The lowest BCUT2D eigenvalue weighted by atomic mass is 9.88. The van der Waals surface area contributed by atoms with E-state index in [1.165, 1.54) is 6.42 Å². The third-order valence-corrected chi connectivity index (χ3v) is 3.91. The highest BCUT2D eigenvalue weighted by atomic mass is 16.4. The average Bonchev–Trinajstić information content (AvgIpc) is 2.78. The number of nitrogens with zero attached hydrogens (tertiary/aromatic N) is 1. The first-order valence-electron chi connectivity index (χ1n) is 5.83. The molecule has 0 aromatic carbocycles. The molecule has 2 atom stereocenters. The predicted molar refractivity (Wildman–Crippen MR) is 57.9 cm³/mol. The predicted octanol–water partition coefficient (Wildman–Crippen LogP) is 0.677. The Bertz CT molecular complexity index is 249. The van der Waals surface area contributed by atoms with E-state index in [1.807, 2.05) is 0 Å². The van der Waals surface area contributed by atoms with Crippen molar-refractivity contribution in [2.45, 2.75) is 43.7 Å². The minimum absolute atomic E-state index is 0.451. The van der Waals surface area contributed by atoms with Gasteiger partial charge in [-0.25, -0.2) is 0 Å². The van der Waals surface area contributed by atoms with Gasteiger partial charge < -0.3 is 15.3 Å². The van der Waals surface area contributed by atoms with Crippen molar-refractivity contribution >= 4 is 5.97 Å². The summed E-state index contributed by atoms with van der Waals surface area (Å²) in [5, 5.41) is 12.5. The number of carbonyl (C=O) groups is 1. The standard InChI is InChI=1S/C11H20N2O2/c1-13-7-2-4-9(13)8-11(10(14)15)5-3-6-12-11/h9,12H,2-8H2,1H3,(H,14,15). The van der Waals surface area contributed by atoms with Gasteiger partial charge in [0.1, 0.15) is 5.54 Å². The zero-order valence-electron chi connectivity index (χ0n) is 9.33. The molecule has 15 heavy (non-hydrogen) atoms. The first kappa shape index (κ1) is 10.9. The number of hydrogen-bond donors (Lipinski definition) is 2. The van der Waals surface area contributed by atoms with Gasteiger partial charge in [0.05, 0.1) is 0 Å². The average molecular weight is 212 g/mol. The minimum atomic E-state index is -0.666. The van der Waals surface area contributed by atoms with Crippen LogP contribution >= 0.6 is 0 Å². The third kappa shape index (κ3) is 2.01. The molecule has 0 aromatic rings. The molecule has 2 rings (SSSR count). The van der Waals surface area contributed by atoms with E-state index in [4.69, 9.17) is 0 Å². The second-order valence-corrected chi connectivity index (χ2v) is 4.90. The van der Waals surface area contributed by atoms with Crippen LogP contribution in [-0.4, -0.2) is 47.7 Å². The Labute approximate surface area is 90.6 Å². The highest BCUT2D eigenvalue weighted by Crippen LogP contribution is 2.30. The van der Waals surface area contributed by atoms with Gasteiger partial charge >= 0.3 is 5.97 Å². The van der Waals surface area contributed by atoms with E-state index in [0.717, 1.165) is 38.8 Å². The van der Waals surface area contributed by atoms with Gasteiger partial charge in [-0.1, -0.05) is 0 Å². The number of carboxylic acids is 1. The first-order chi connectivity index (χ1) is 7.14. The largest absolute Gasteiger partial charge is 0.480 e. The SMILES string of the molecule is CN1CCCC1CC1(C(=O)O)CCCN1. The fourth-order valence-corrected chi connectivity index (χ4v) is 2.89. The molecule has 2 N–H and O–H groups in total. The van der Waals surface area contributed by atoms with E-state index in [-0.39, 0.29) is 0 Å². The molecule has 2 unspecified atom stereocenters. The molecule has 0 bridgehead atoms. The summed E-state index contributed by atoms with van der Waals surface area (Å²) in [6, 6.07) is 0.451. The van der Waals surface area contributed by atoms with Crippen LogP contribution in [0.4, 0.5) is 0 Å². The molecule has 2 aliphatic rings. The zero-order chi connectivity index (χ0) is 10.9. The van der Waals surface area contributed by atoms with Crippen LogP contribution in [0.15, 0.2) is 0 Å². The summed E-state index contributed by atoms with van der Waals surface area (Å²) in [5.41, 5.74) is -0.636. The summed E-state index contributed by atoms with van der Waals surface area (Å²) in [6.07, 6.45) is 4.89. The molecule has 86 valence electrons. The molecule has 4 heteroatoms. The fourth-order valence-electron chi connectivity index (χ4n) is 2.89. The lowest BCUT2D eigenvalue weighted by Gasteiger charge is -2.30. The molecule has 2 aliphatic heterocycles. The second kappa shape index (κ2) is 4.10. The van der Waals surface area contributed by atoms with Gasteiger partial charge in [0.15, 0.2) is 0 Å². The number of aliphatic carboxylic acids is 1. The number of likely N-dealkylation sites (tertiary alicyclic amines) is 1. The first-order valence-corrected chi connectivity index (χ1v) is 5.83. The number of hydrogen-bond acceptors (Lipinski definition) is 3. The molecule has 0 saturated carbocycles. The van der Waals surface area contributed by atoms with Gasteiger partial charge in [0, 0.05) is 6.04 Å². The Hall–Kier alpha value is -0.610. The van der Waals surface area contributed by atoms with Crippen LogP contribution in [-0.2, 0) is 4.79 Å². The Kier molecular flexibility index (Phi) is 2.98. The molecular formula is C11H20N2O2. The molecule has 0 radical (unpaired) electrons. The highest BCUT2D eigenvalue weighted by Gasteiger charge is 2.43. The van der Waals surface area contributed by atoms with Crippen LogP contribution in [0.5, 0.6) is 0 Å². The highest BCUT2D eigenvalue weighted by molar-refractivity contribution is 5.79. The van der Waals surface area contributed by atoms with Crippen molar-refractivity contribution in [1.82, 2.24) is 10.2 Å². The summed E-state index contributed by atoms with van der Waals surface area (Å²) in [4.78, 5) is 13.6. The molecule has 0 spiro atoms. The summed E-state index contributed by atoms with van der Waals surface area (Å²) in [7, 11) is 2.10. The lowest BCUT2D eigenvalue weighted by Crippen LogP contribution is -2.51. The summed E-state index contributed by atoms with van der Waals surface area (Å²) < 4.78 is 0. The van der Waals surface area contributed by atoms with Crippen molar-refractivity contribution < 1.29 is 9.90 Å². The van der Waals surface area contributed by atoms with Crippen LogP contribution in [0.3, 0.4) is 0 Å². The van der Waals surface area contributed by atoms with Crippen LogP contribution in [0.1, 0.15) is 32.1 Å². The number of nitrogens with one attached hydrogen (secondary N) is 1. The van der Waals surface area contributed by atoms with Crippen LogP contribution in [0.25, 0.3) is 0 Å². The van der Waals surface area contributed by atoms with E-state index in [2.05, 4.69) is 17.3 Å². The molecule has 2 saturated heterocycles. The van der Waals surface area contributed by atoms with Crippen molar-refractivity contribution in [3.05, 3.63) is 0 Å². The lowest BCUT2D eigenvalue weighted by molar-refractivity contribution is -0.145. The van der Waals surface area contributed by atoms with Crippen molar-refractivity contribution in [1.29, 1.82) is 0 Å². The summed E-state index contributed by atoms with van der Waals surface area (Å²) in [5.74, 6) is -0.666. The van der Waals surface area contributed by atoms with E-state index < -0.39 is 11.5 Å². The van der Waals surface area contributed by atoms with Gasteiger partial charge in [0.2, 0.25) is 0 Å². The Balaban J connectivity index is 2.03. The van der Waals surface area contributed by atoms with Gasteiger partial charge in [-0.15, -0.1) is 0 Å². The molecular weight excluding hydrogens is 192 g/mol. The van der Waals surface area contributed by atoms with Crippen molar-refractivity contribution in [3.63, 3.8) is 0 Å². The van der Waals surface area contributed by atoms with E-state index >= 15 is 0 Å². The maximum Gasteiger partial charge on any atom is 0.323 e. The van der Waals surface area contributed by atoms with E-state index in [1.54, 1.807) is 0 Å². The second-order valence-electron chi connectivity index (χ2n) is 4.90. The van der Waals surface area contributed by atoms with Crippen LogP contribution < -0.4 is 5.32 Å². The number of rotatable bonds is 3. The van der Waals surface area contributed by atoms with Gasteiger partial charge in [0.25, 0.3) is 0 Å². The van der Waals surface area contributed by atoms with Crippen molar-refractivity contribution in [3.8, 4) is 0 Å². The smallest absolute Gasteiger partial charge is 0.323 e. The molecule has 4 nitrogen and oxygen atoms in total. The van der Waals surface area contributed by atoms with Crippen molar-refractivity contribution in [2.24, 2.45) is 0 Å². The Morgan fingerprint density at radius 2 is 2.40 bits per heavy atom. The summed E-state index contributed by atoms with van der Waals surface area (Å²) >= 11 is 0. The maximum absolute atomic E-state index is 11.3. The van der Waals surface area contributed by atoms with Crippen LogP contribution in [0, 0.1) is 0 Å². The zero-order valence-corrected chi connectivity index (χ0v) is 9.33. The van der Waals surface area contributed by atoms with E-state index in [9.17, 15) is 9.90 Å². The molecule has 0 amide bonds. The van der Waals surface area contributed by atoms with E-state index in [0.29, 0.717) is 6.04 Å². The van der Waals surface area contributed by atoms with Gasteiger partial charge in [-0.05, 0) is 52.2 Å². The van der Waals surface area contributed by atoms with Gasteiger partial charge in [-0.2, -0.15) is 0 Å². The van der Waals surface area contributed by atoms with Gasteiger partial charge in [-0.3, -0.25) is 4.79 Å². The fraction of sp³-hybridized carbons (Fsp3) is 0.909. The third-order valence-electron chi connectivity index (χ3n) is 3.91. The Morgan fingerprint density at radius 1 is 1.60 bits per heavy atom. The summed E-state index contributed by atoms with van der Waals surface area (Å²) in [6.45, 7) is 1.96. The van der Waals surface area contributed by atoms with Crippen LogP contribution in [0.2, 0.25) is 0 Å². The molecule has 2 fully saturated rings. The molecule has 0 aliphatic carbocycles. The minimum Gasteiger partial charge on any atom is -0.480 e.